The summed E-state index contributed by atoms with van der Waals surface area (Å²) in [5.41, 5.74) is 4.17. The molecule has 0 saturated carbocycles. The minimum Gasteiger partial charge on any atom is -0.497 e. The van der Waals surface area contributed by atoms with Gasteiger partial charge in [-0.05, 0) is 66.6 Å². The lowest BCUT2D eigenvalue weighted by Gasteiger charge is -2.32. The van der Waals surface area contributed by atoms with Gasteiger partial charge < -0.3 is 15.0 Å². The number of nitrogens with zero attached hydrogens (tertiary/aromatic N) is 2. The number of aryl methyl sites for hydroxylation is 2. The maximum Gasteiger partial charge on any atom is 0.243 e. The van der Waals surface area contributed by atoms with E-state index in [-0.39, 0.29) is 37.2 Å². The lowest BCUT2D eigenvalue weighted by atomic mass is 10.0. The highest BCUT2D eigenvalue weighted by molar-refractivity contribution is 7.92. The zero-order chi connectivity index (χ0) is 31.6. The van der Waals surface area contributed by atoms with E-state index in [0.29, 0.717) is 30.8 Å². The normalized spacial score (nSPS) is 12.1. The summed E-state index contributed by atoms with van der Waals surface area (Å²) in [4.78, 5) is 29.3. The van der Waals surface area contributed by atoms with E-state index in [1.807, 2.05) is 100 Å². The van der Waals surface area contributed by atoms with Crippen LogP contribution in [0.5, 0.6) is 5.75 Å². The molecule has 0 unspecified atom stereocenters. The zero-order valence-corrected chi connectivity index (χ0v) is 27.0. The molecule has 3 rings (SSSR count). The first kappa shape index (κ1) is 33.6. The topological polar surface area (TPSA) is 96.0 Å². The van der Waals surface area contributed by atoms with E-state index in [0.717, 1.165) is 22.3 Å². The number of rotatable bonds is 15. The van der Waals surface area contributed by atoms with Crippen molar-refractivity contribution in [2.75, 3.05) is 30.8 Å². The first-order valence-corrected chi connectivity index (χ1v) is 16.5. The van der Waals surface area contributed by atoms with Crippen LogP contribution in [0.2, 0.25) is 0 Å². The smallest absolute Gasteiger partial charge is 0.243 e. The fourth-order valence-electron chi connectivity index (χ4n) is 4.91. The SMILES string of the molecule is COc1cccc(CN(C(=O)CCCN(c2cc(C)ccc2C)S(C)(=O)=O)[C@@H](Cc2ccccc2)C(=O)NCC(C)C)c1. The molecule has 0 fully saturated rings. The molecule has 3 aromatic rings. The monoisotopic (exact) mass is 607 g/mol. The molecule has 3 aromatic carbocycles. The molecule has 0 spiro atoms. The molecule has 0 aliphatic heterocycles. The molecule has 8 nitrogen and oxygen atoms in total. The average Bonchev–Trinajstić information content (AvgIpc) is 2.97. The van der Waals surface area contributed by atoms with Gasteiger partial charge in [0.25, 0.3) is 0 Å². The third kappa shape index (κ3) is 10.1. The Bertz CT molecular complexity index is 1470. The predicted molar refractivity (Wildman–Crippen MR) is 173 cm³/mol. The van der Waals surface area contributed by atoms with Gasteiger partial charge >= 0.3 is 0 Å². The van der Waals surface area contributed by atoms with Gasteiger partial charge in [-0.1, -0.05) is 68.4 Å². The Hall–Kier alpha value is -3.85. The Morgan fingerprint density at radius 1 is 0.930 bits per heavy atom. The summed E-state index contributed by atoms with van der Waals surface area (Å²) in [6, 6.07) is 22.0. The van der Waals surface area contributed by atoms with Crippen LogP contribution >= 0.6 is 0 Å². The number of hydrogen-bond acceptors (Lipinski definition) is 5. The quantitative estimate of drug-likeness (QED) is 0.254. The van der Waals surface area contributed by atoms with Gasteiger partial charge in [-0.3, -0.25) is 13.9 Å². The standard InChI is InChI=1S/C34H45N3O5S/c1-25(2)23-35-34(39)32(22-28-12-8-7-9-13-28)36(24-29-14-10-15-30(21-29)42-5)33(38)16-11-19-37(43(6,40)41)31-20-26(3)17-18-27(31)4/h7-10,12-15,17-18,20-21,25,32H,11,16,19,22-24H2,1-6H3,(H,35,39)/t32-/m0/s1. The van der Waals surface area contributed by atoms with Gasteiger partial charge in [-0.25, -0.2) is 8.42 Å². The zero-order valence-electron chi connectivity index (χ0n) is 26.2. The van der Waals surface area contributed by atoms with Crippen molar-refractivity contribution in [1.82, 2.24) is 10.2 Å². The first-order valence-electron chi connectivity index (χ1n) is 14.7. The molecule has 0 aromatic heterocycles. The van der Waals surface area contributed by atoms with Crippen LogP contribution in [0, 0.1) is 19.8 Å². The number of hydrogen-bond donors (Lipinski definition) is 1. The van der Waals surface area contributed by atoms with Crippen molar-refractivity contribution in [2.24, 2.45) is 5.92 Å². The van der Waals surface area contributed by atoms with E-state index in [2.05, 4.69) is 5.32 Å². The molecule has 9 heteroatoms. The summed E-state index contributed by atoms with van der Waals surface area (Å²) in [7, 11) is -2.00. The molecule has 232 valence electrons. The average molecular weight is 608 g/mol. The number of methoxy groups -OCH3 is 1. The third-order valence-electron chi connectivity index (χ3n) is 7.23. The van der Waals surface area contributed by atoms with Crippen LogP contribution in [0.4, 0.5) is 5.69 Å². The second-order valence-electron chi connectivity index (χ2n) is 11.4. The van der Waals surface area contributed by atoms with Crippen molar-refractivity contribution in [3.8, 4) is 5.75 Å². The number of ether oxygens (including phenoxy) is 1. The van der Waals surface area contributed by atoms with Crippen molar-refractivity contribution in [3.05, 3.63) is 95.1 Å². The Kier molecular flexibility index (Phi) is 12.2. The Morgan fingerprint density at radius 3 is 2.28 bits per heavy atom. The van der Waals surface area contributed by atoms with E-state index < -0.39 is 16.1 Å². The van der Waals surface area contributed by atoms with E-state index >= 15 is 0 Å². The number of sulfonamides is 1. The van der Waals surface area contributed by atoms with Gasteiger partial charge in [0.1, 0.15) is 11.8 Å². The van der Waals surface area contributed by atoms with Crippen molar-refractivity contribution in [1.29, 1.82) is 0 Å². The molecule has 0 bridgehead atoms. The van der Waals surface area contributed by atoms with Gasteiger partial charge in [-0.2, -0.15) is 0 Å². The fraction of sp³-hybridized carbons (Fsp3) is 0.412. The van der Waals surface area contributed by atoms with Gasteiger partial charge in [0, 0.05) is 32.5 Å². The van der Waals surface area contributed by atoms with Crippen LogP contribution in [0.25, 0.3) is 0 Å². The van der Waals surface area contributed by atoms with Crippen molar-refractivity contribution < 1.29 is 22.7 Å². The van der Waals surface area contributed by atoms with Crippen molar-refractivity contribution >= 4 is 27.5 Å². The lowest BCUT2D eigenvalue weighted by Crippen LogP contribution is -2.51. The highest BCUT2D eigenvalue weighted by atomic mass is 32.2. The molecule has 43 heavy (non-hydrogen) atoms. The van der Waals surface area contributed by atoms with Gasteiger partial charge in [0.2, 0.25) is 21.8 Å². The molecule has 0 aliphatic rings. The van der Waals surface area contributed by atoms with E-state index in [1.54, 1.807) is 12.0 Å². The molecule has 2 amide bonds. The Labute approximate surface area is 257 Å². The highest BCUT2D eigenvalue weighted by Crippen LogP contribution is 2.25. The van der Waals surface area contributed by atoms with E-state index in [9.17, 15) is 18.0 Å². The number of carbonyl (C=O) groups is 2. The summed E-state index contributed by atoms with van der Waals surface area (Å²) in [5, 5.41) is 3.03. The molecule has 1 atom stereocenters. The maximum atomic E-state index is 14.0. The summed E-state index contributed by atoms with van der Waals surface area (Å²) in [6.45, 7) is 8.67. The number of benzene rings is 3. The number of nitrogens with one attached hydrogen (secondary N) is 1. The van der Waals surface area contributed by atoms with Crippen LogP contribution in [-0.4, -0.2) is 57.6 Å². The molecule has 0 saturated heterocycles. The predicted octanol–water partition coefficient (Wildman–Crippen LogP) is 5.27. The molecule has 0 heterocycles. The highest BCUT2D eigenvalue weighted by Gasteiger charge is 2.31. The summed E-state index contributed by atoms with van der Waals surface area (Å²) >= 11 is 0. The molecule has 0 aliphatic carbocycles. The van der Waals surface area contributed by atoms with Crippen molar-refractivity contribution in [3.63, 3.8) is 0 Å². The summed E-state index contributed by atoms with van der Waals surface area (Å²) in [6.07, 6.45) is 1.89. The summed E-state index contributed by atoms with van der Waals surface area (Å²) in [5.74, 6) is 0.460. The third-order valence-corrected chi connectivity index (χ3v) is 8.41. The van der Waals surface area contributed by atoms with Crippen LogP contribution in [0.1, 0.15) is 48.9 Å². The van der Waals surface area contributed by atoms with Gasteiger partial charge in [-0.15, -0.1) is 0 Å². The second kappa shape index (κ2) is 15.6. The van der Waals surface area contributed by atoms with Crippen LogP contribution in [0.15, 0.2) is 72.8 Å². The van der Waals surface area contributed by atoms with Gasteiger partial charge in [0.15, 0.2) is 0 Å². The van der Waals surface area contributed by atoms with Crippen LogP contribution in [-0.2, 0) is 32.6 Å². The number of anilines is 1. The maximum absolute atomic E-state index is 14.0. The minimum atomic E-state index is -3.59. The Morgan fingerprint density at radius 2 is 1.63 bits per heavy atom. The number of amides is 2. The largest absolute Gasteiger partial charge is 0.497 e. The van der Waals surface area contributed by atoms with Crippen LogP contribution in [0.3, 0.4) is 0 Å². The lowest BCUT2D eigenvalue weighted by molar-refractivity contribution is -0.141. The second-order valence-corrected chi connectivity index (χ2v) is 13.4. The van der Waals surface area contributed by atoms with Gasteiger partial charge in [0.05, 0.1) is 19.1 Å². The minimum absolute atomic E-state index is 0.0730. The van der Waals surface area contributed by atoms with Crippen molar-refractivity contribution in [2.45, 2.75) is 59.5 Å². The fourth-order valence-corrected chi connectivity index (χ4v) is 5.93. The van der Waals surface area contributed by atoms with Crippen LogP contribution < -0.4 is 14.4 Å². The first-order chi connectivity index (χ1) is 20.4. The Balaban J connectivity index is 1.92. The van der Waals surface area contributed by atoms with E-state index in [4.69, 9.17) is 4.74 Å². The molecular formula is C34H45N3O5S. The molecule has 1 N–H and O–H groups in total. The summed E-state index contributed by atoms with van der Waals surface area (Å²) < 4.78 is 32.4. The number of carbonyl (C=O) groups excluding carboxylic acids is 2. The molecular weight excluding hydrogens is 562 g/mol. The molecule has 0 radical (unpaired) electrons. The van der Waals surface area contributed by atoms with E-state index in [1.165, 1.54) is 10.6 Å².